The van der Waals surface area contributed by atoms with Crippen LogP contribution in [0.1, 0.15) is 18.5 Å². The first-order valence-electron chi connectivity index (χ1n) is 9.11. The molecule has 150 valence electrons. The van der Waals surface area contributed by atoms with E-state index in [-0.39, 0.29) is 11.9 Å². The second kappa shape index (κ2) is 10.3. The van der Waals surface area contributed by atoms with Gasteiger partial charge >= 0.3 is 6.03 Å². The van der Waals surface area contributed by atoms with Gasteiger partial charge in [-0.2, -0.15) is 0 Å². The minimum Gasteiger partial charge on any atom is -0.497 e. The van der Waals surface area contributed by atoms with Gasteiger partial charge in [0.1, 0.15) is 11.8 Å². The number of rotatable bonds is 8. The molecule has 0 saturated heterocycles. The molecule has 7 nitrogen and oxygen atoms in total. The van der Waals surface area contributed by atoms with E-state index in [0.717, 1.165) is 11.3 Å². The summed E-state index contributed by atoms with van der Waals surface area (Å²) in [4.78, 5) is 26.5. The molecule has 3 N–H and O–H groups in total. The Labute approximate surface area is 166 Å². The summed E-state index contributed by atoms with van der Waals surface area (Å²) >= 11 is 0. The van der Waals surface area contributed by atoms with Crippen molar-refractivity contribution in [3.63, 3.8) is 0 Å². The van der Waals surface area contributed by atoms with Crippen LogP contribution >= 0.6 is 0 Å². The summed E-state index contributed by atoms with van der Waals surface area (Å²) in [6.45, 7) is 2.07. The molecule has 0 radical (unpaired) electrons. The van der Waals surface area contributed by atoms with E-state index >= 15 is 0 Å². The average Bonchev–Trinajstić information content (AvgIpc) is 2.68. The van der Waals surface area contributed by atoms with Crippen molar-refractivity contribution in [3.05, 3.63) is 60.2 Å². The van der Waals surface area contributed by atoms with Crippen molar-refractivity contribution in [1.29, 1.82) is 0 Å². The normalized spacial score (nSPS) is 12.8. The molecular formula is C21H28N4O3. The monoisotopic (exact) mass is 384 g/mol. The summed E-state index contributed by atoms with van der Waals surface area (Å²) < 4.78 is 5.19. The largest absolute Gasteiger partial charge is 0.497 e. The number of carbonyl (C=O) groups is 2. The molecule has 7 heteroatoms. The van der Waals surface area contributed by atoms with Crippen molar-refractivity contribution < 1.29 is 14.3 Å². The number of amides is 3. The van der Waals surface area contributed by atoms with Gasteiger partial charge in [-0.3, -0.25) is 4.79 Å². The first kappa shape index (κ1) is 21.2. The predicted octanol–water partition coefficient (Wildman–Crippen LogP) is 2.62. The van der Waals surface area contributed by atoms with Crippen LogP contribution in [0.15, 0.2) is 54.6 Å². The number of nitrogens with one attached hydrogen (secondary N) is 3. The number of hydrogen-bond donors (Lipinski definition) is 3. The predicted molar refractivity (Wildman–Crippen MR) is 110 cm³/mol. The van der Waals surface area contributed by atoms with E-state index in [9.17, 15) is 9.59 Å². The Hall–Kier alpha value is -3.06. The lowest BCUT2D eigenvalue weighted by molar-refractivity contribution is -0.122. The molecule has 0 aromatic heterocycles. The molecule has 28 heavy (non-hydrogen) atoms. The highest BCUT2D eigenvalue weighted by molar-refractivity contribution is 5.93. The van der Waals surface area contributed by atoms with Gasteiger partial charge in [0.15, 0.2) is 0 Å². The van der Waals surface area contributed by atoms with Crippen molar-refractivity contribution >= 4 is 17.6 Å². The molecule has 0 spiro atoms. The van der Waals surface area contributed by atoms with Gasteiger partial charge in [-0.25, -0.2) is 4.79 Å². The Bertz CT molecular complexity index is 763. The average molecular weight is 384 g/mol. The molecule has 2 atom stereocenters. The van der Waals surface area contributed by atoms with E-state index in [4.69, 9.17) is 4.74 Å². The van der Waals surface area contributed by atoms with Crippen LogP contribution in [0.25, 0.3) is 0 Å². The summed E-state index contributed by atoms with van der Waals surface area (Å²) in [7, 11) is 5.53. The van der Waals surface area contributed by atoms with Gasteiger partial charge in [-0.05, 0) is 50.8 Å². The standard InChI is InChI=1S/C21H28N4O3/c1-15(23-21(27)24-17-8-6-5-7-9-17)20(26)22-14-19(25(2)3)16-10-12-18(28-4)13-11-16/h5-13,15,19H,14H2,1-4H3,(H,22,26)(H2,23,24,27)/t15-,19+/m0/s1. The number of nitrogens with zero attached hydrogens (tertiary/aromatic N) is 1. The number of para-hydroxylation sites is 1. The lowest BCUT2D eigenvalue weighted by atomic mass is 10.1. The molecule has 0 aliphatic carbocycles. The molecule has 0 fully saturated rings. The first-order valence-corrected chi connectivity index (χ1v) is 9.11. The second-order valence-corrected chi connectivity index (χ2v) is 6.68. The fraction of sp³-hybridized carbons (Fsp3) is 0.333. The molecule has 0 aliphatic heterocycles. The maximum Gasteiger partial charge on any atom is 0.319 e. The summed E-state index contributed by atoms with van der Waals surface area (Å²) in [5.41, 5.74) is 1.73. The topological polar surface area (TPSA) is 82.7 Å². The van der Waals surface area contributed by atoms with Crippen LogP contribution in [0.3, 0.4) is 0 Å². The second-order valence-electron chi connectivity index (χ2n) is 6.68. The fourth-order valence-corrected chi connectivity index (χ4v) is 2.73. The van der Waals surface area contributed by atoms with E-state index in [2.05, 4.69) is 16.0 Å². The molecule has 0 heterocycles. The van der Waals surface area contributed by atoms with Gasteiger partial charge in [0.05, 0.1) is 13.2 Å². The maximum atomic E-state index is 12.4. The smallest absolute Gasteiger partial charge is 0.319 e. The zero-order valence-electron chi connectivity index (χ0n) is 16.7. The maximum absolute atomic E-state index is 12.4. The van der Waals surface area contributed by atoms with Crippen LogP contribution in [-0.4, -0.2) is 50.6 Å². The summed E-state index contributed by atoms with van der Waals surface area (Å²) in [6.07, 6.45) is 0. The lowest BCUT2D eigenvalue weighted by Crippen LogP contribution is -2.47. The minimum atomic E-state index is -0.664. The minimum absolute atomic E-state index is 0.000186. The number of urea groups is 1. The van der Waals surface area contributed by atoms with Crippen molar-refractivity contribution in [3.8, 4) is 5.75 Å². The number of ether oxygens (including phenoxy) is 1. The quantitative estimate of drug-likeness (QED) is 0.653. The summed E-state index contributed by atoms with van der Waals surface area (Å²) in [6, 6.07) is 15.7. The van der Waals surface area contributed by atoms with Gasteiger partial charge < -0.3 is 25.6 Å². The van der Waals surface area contributed by atoms with Gasteiger partial charge in [0.2, 0.25) is 5.91 Å². The molecule has 3 amide bonds. The van der Waals surface area contributed by atoms with Gasteiger partial charge in [0, 0.05) is 12.2 Å². The third kappa shape index (κ3) is 6.28. The van der Waals surface area contributed by atoms with E-state index < -0.39 is 12.1 Å². The van der Waals surface area contributed by atoms with Gasteiger partial charge in [-0.15, -0.1) is 0 Å². The molecule has 2 aromatic rings. The highest BCUT2D eigenvalue weighted by Crippen LogP contribution is 2.20. The van der Waals surface area contributed by atoms with Crippen LogP contribution < -0.4 is 20.7 Å². The SMILES string of the molecule is COc1ccc([C@@H](CNC(=O)[C@H](C)NC(=O)Nc2ccccc2)N(C)C)cc1. The van der Waals surface area contributed by atoms with E-state index in [1.165, 1.54) is 0 Å². The number of carbonyl (C=O) groups excluding carboxylic acids is 2. The Balaban J connectivity index is 1.87. The zero-order chi connectivity index (χ0) is 20.5. The highest BCUT2D eigenvalue weighted by Gasteiger charge is 2.19. The number of methoxy groups -OCH3 is 1. The van der Waals surface area contributed by atoms with Crippen molar-refractivity contribution in [2.24, 2.45) is 0 Å². The zero-order valence-corrected chi connectivity index (χ0v) is 16.7. The van der Waals surface area contributed by atoms with Gasteiger partial charge in [0.25, 0.3) is 0 Å². The lowest BCUT2D eigenvalue weighted by Gasteiger charge is -2.26. The molecule has 0 bridgehead atoms. The molecule has 2 rings (SSSR count). The number of anilines is 1. The third-order valence-corrected chi connectivity index (χ3v) is 4.37. The van der Waals surface area contributed by atoms with Crippen molar-refractivity contribution in [2.75, 3.05) is 33.1 Å². The molecule has 0 aliphatic rings. The Kier molecular flexibility index (Phi) is 7.83. The molecule has 0 saturated carbocycles. The van der Waals surface area contributed by atoms with Crippen LogP contribution in [0.4, 0.5) is 10.5 Å². The fourth-order valence-electron chi connectivity index (χ4n) is 2.73. The first-order chi connectivity index (χ1) is 13.4. The van der Waals surface area contributed by atoms with Crippen LogP contribution in [-0.2, 0) is 4.79 Å². The van der Waals surface area contributed by atoms with Gasteiger partial charge in [-0.1, -0.05) is 30.3 Å². The highest BCUT2D eigenvalue weighted by atomic mass is 16.5. The number of benzene rings is 2. The van der Waals surface area contributed by atoms with Crippen molar-refractivity contribution in [1.82, 2.24) is 15.5 Å². The number of hydrogen-bond acceptors (Lipinski definition) is 4. The van der Waals surface area contributed by atoms with Crippen LogP contribution in [0.2, 0.25) is 0 Å². The van der Waals surface area contributed by atoms with Crippen LogP contribution in [0.5, 0.6) is 5.75 Å². The molecule has 0 unspecified atom stereocenters. The summed E-state index contributed by atoms with van der Waals surface area (Å²) in [5, 5.41) is 8.25. The Morgan fingerprint density at radius 1 is 1.04 bits per heavy atom. The molecular weight excluding hydrogens is 356 g/mol. The van der Waals surface area contributed by atoms with Crippen LogP contribution in [0, 0.1) is 0 Å². The van der Waals surface area contributed by atoms with E-state index in [1.807, 2.05) is 61.5 Å². The van der Waals surface area contributed by atoms with Crippen molar-refractivity contribution in [2.45, 2.75) is 19.0 Å². The molecule has 2 aromatic carbocycles. The van der Waals surface area contributed by atoms with E-state index in [0.29, 0.717) is 12.2 Å². The Morgan fingerprint density at radius 2 is 1.68 bits per heavy atom. The third-order valence-electron chi connectivity index (χ3n) is 4.37. The number of likely N-dealkylation sites (N-methyl/N-ethyl adjacent to an activating group) is 1. The van der Waals surface area contributed by atoms with E-state index in [1.54, 1.807) is 26.2 Å². The summed E-state index contributed by atoms with van der Waals surface area (Å²) in [5.74, 6) is 0.538. The Morgan fingerprint density at radius 3 is 2.25 bits per heavy atom.